The molecule has 0 bridgehead atoms. The molecule has 6 nitrogen and oxygen atoms in total. The molecule has 0 heterocycles. The fourth-order valence-electron chi connectivity index (χ4n) is 3.41. The minimum atomic E-state index is 0.548. The van der Waals surface area contributed by atoms with E-state index in [2.05, 4.69) is 40.4 Å². The number of hydrogen-bond acceptors (Lipinski definition) is 4. The first-order chi connectivity index (χ1) is 13.2. The molecule has 6 heteroatoms. The highest BCUT2D eigenvalue weighted by Gasteiger charge is 2.16. The maximum absolute atomic E-state index is 5.93. The highest BCUT2D eigenvalue weighted by molar-refractivity contribution is 5.80. The van der Waals surface area contributed by atoms with Gasteiger partial charge in [0.05, 0.1) is 7.11 Å². The minimum Gasteiger partial charge on any atom is -0.493 e. The van der Waals surface area contributed by atoms with Crippen LogP contribution in [0.2, 0.25) is 0 Å². The largest absolute Gasteiger partial charge is 0.493 e. The van der Waals surface area contributed by atoms with Crippen LogP contribution < -0.4 is 20.1 Å². The number of benzene rings is 1. The van der Waals surface area contributed by atoms with Crippen molar-refractivity contribution in [2.24, 2.45) is 4.99 Å². The molecular weight excluding hydrogens is 340 g/mol. The molecule has 27 heavy (non-hydrogen) atoms. The predicted octanol–water partition coefficient (Wildman–Crippen LogP) is 3.02. The molecule has 1 saturated carbocycles. The van der Waals surface area contributed by atoms with Crippen LogP contribution in [0.1, 0.15) is 45.1 Å². The summed E-state index contributed by atoms with van der Waals surface area (Å²) < 4.78 is 11.5. The molecule has 2 rings (SSSR count). The number of nitrogens with zero attached hydrogens (tertiary/aromatic N) is 2. The van der Waals surface area contributed by atoms with Crippen molar-refractivity contribution in [2.75, 3.05) is 40.4 Å². The van der Waals surface area contributed by atoms with Crippen molar-refractivity contribution in [3.05, 3.63) is 23.8 Å². The Bertz CT molecular complexity index is 582. The topological polar surface area (TPSA) is 58.1 Å². The Morgan fingerprint density at radius 3 is 2.56 bits per heavy atom. The standard InChI is InChI=1S/C21H36N4O2/c1-5-25(6-2)13-14-27-19-12-11-17(15-20(19)26-4)16-23-21(22-3)24-18-9-7-8-10-18/h11-12,15,18H,5-10,13-14,16H2,1-4H3,(H2,22,23,24). The molecular formula is C21H36N4O2. The first kappa shape index (κ1) is 21.4. The van der Waals surface area contributed by atoms with Crippen LogP contribution in [0.25, 0.3) is 0 Å². The number of rotatable bonds is 10. The fourth-order valence-corrected chi connectivity index (χ4v) is 3.41. The lowest BCUT2D eigenvalue weighted by molar-refractivity contribution is 0.217. The molecule has 1 fully saturated rings. The highest BCUT2D eigenvalue weighted by atomic mass is 16.5. The number of methoxy groups -OCH3 is 1. The van der Waals surface area contributed by atoms with E-state index in [1.54, 1.807) is 7.11 Å². The lowest BCUT2D eigenvalue weighted by atomic mass is 10.2. The molecule has 0 radical (unpaired) electrons. The second kappa shape index (κ2) is 11.7. The van der Waals surface area contributed by atoms with Gasteiger partial charge in [-0.3, -0.25) is 4.99 Å². The van der Waals surface area contributed by atoms with Crippen molar-refractivity contribution in [3.8, 4) is 11.5 Å². The average Bonchev–Trinajstić information content (AvgIpc) is 3.22. The number of guanidine groups is 1. The third-order valence-electron chi connectivity index (χ3n) is 5.17. The molecule has 2 N–H and O–H groups in total. The first-order valence-electron chi connectivity index (χ1n) is 10.2. The van der Waals surface area contributed by atoms with E-state index in [9.17, 15) is 0 Å². The summed E-state index contributed by atoms with van der Waals surface area (Å²) in [5.74, 6) is 2.43. The number of nitrogens with one attached hydrogen (secondary N) is 2. The fraction of sp³-hybridized carbons (Fsp3) is 0.667. The van der Waals surface area contributed by atoms with Gasteiger partial charge in [-0.1, -0.05) is 32.8 Å². The summed E-state index contributed by atoms with van der Waals surface area (Å²) in [7, 11) is 3.50. The maximum Gasteiger partial charge on any atom is 0.191 e. The zero-order chi connectivity index (χ0) is 19.5. The Morgan fingerprint density at radius 1 is 1.19 bits per heavy atom. The number of ether oxygens (including phenoxy) is 2. The Morgan fingerprint density at radius 2 is 1.93 bits per heavy atom. The molecule has 0 unspecified atom stereocenters. The van der Waals surface area contributed by atoms with Gasteiger partial charge in [0.25, 0.3) is 0 Å². The van der Waals surface area contributed by atoms with Crippen LogP contribution in [0.5, 0.6) is 11.5 Å². The summed E-state index contributed by atoms with van der Waals surface area (Å²) in [6.45, 7) is 8.69. The van der Waals surface area contributed by atoms with E-state index in [0.29, 0.717) is 19.2 Å². The van der Waals surface area contributed by atoms with Crippen LogP contribution >= 0.6 is 0 Å². The van der Waals surface area contributed by atoms with Crippen molar-refractivity contribution >= 4 is 5.96 Å². The van der Waals surface area contributed by atoms with Crippen molar-refractivity contribution in [3.63, 3.8) is 0 Å². The van der Waals surface area contributed by atoms with Crippen LogP contribution in [0.15, 0.2) is 23.2 Å². The van der Waals surface area contributed by atoms with E-state index in [-0.39, 0.29) is 0 Å². The lowest BCUT2D eigenvalue weighted by Crippen LogP contribution is -2.41. The van der Waals surface area contributed by atoms with E-state index >= 15 is 0 Å². The summed E-state index contributed by atoms with van der Waals surface area (Å²) in [6.07, 6.45) is 5.07. The quantitative estimate of drug-likeness (QED) is 0.486. The number of aliphatic imine (C=N–C) groups is 1. The number of likely N-dealkylation sites (N-methyl/N-ethyl adjacent to an activating group) is 1. The molecule has 1 aromatic rings. The Labute approximate surface area is 164 Å². The lowest BCUT2D eigenvalue weighted by Gasteiger charge is -2.19. The van der Waals surface area contributed by atoms with Gasteiger partial charge in [-0.15, -0.1) is 0 Å². The molecule has 0 aliphatic heterocycles. The van der Waals surface area contributed by atoms with Crippen molar-refractivity contribution in [1.82, 2.24) is 15.5 Å². The summed E-state index contributed by atoms with van der Waals surface area (Å²) in [5, 5.41) is 6.90. The van der Waals surface area contributed by atoms with Gasteiger partial charge in [0.1, 0.15) is 6.61 Å². The molecule has 152 valence electrons. The van der Waals surface area contributed by atoms with Crippen LogP contribution in [0.3, 0.4) is 0 Å². The molecule has 0 atom stereocenters. The summed E-state index contributed by atoms with van der Waals surface area (Å²) in [4.78, 5) is 6.67. The van der Waals surface area contributed by atoms with Gasteiger partial charge < -0.3 is 25.0 Å². The average molecular weight is 377 g/mol. The third-order valence-corrected chi connectivity index (χ3v) is 5.17. The highest BCUT2D eigenvalue weighted by Crippen LogP contribution is 2.28. The molecule has 1 aliphatic carbocycles. The monoisotopic (exact) mass is 376 g/mol. The molecule has 0 amide bonds. The minimum absolute atomic E-state index is 0.548. The van der Waals surface area contributed by atoms with Crippen LogP contribution in [-0.2, 0) is 6.54 Å². The Balaban J connectivity index is 1.86. The van der Waals surface area contributed by atoms with E-state index in [1.165, 1.54) is 25.7 Å². The first-order valence-corrected chi connectivity index (χ1v) is 10.2. The molecule has 0 saturated heterocycles. The van der Waals surface area contributed by atoms with E-state index in [0.717, 1.165) is 42.7 Å². The van der Waals surface area contributed by atoms with Gasteiger partial charge >= 0.3 is 0 Å². The SMILES string of the molecule is CCN(CC)CCOc1ccc(CNC(=NC)NC2CCCC2)cc1OC. The van der Waals surface area contributed by atoms with Crippen molar-refractivity contribution in [2.45, 2.75) is 52.1 Å². The van der Waals surface area contributed by atoms with Gasteiger partial charge in [-0.25, -0.2) is 0 Å². The van der Waals surface area contributed by atoms with Crippen LogP contribution in [0, 0.1) is 0 Å². The van der Waals surface area contributed by atoms with Crippen molar-refractivity contribution < 1.29 is 9.47 Å². The van der Waals surface area contributed by atoms with Gasteiger partial charge in [0.15, 0.2) is 17.5 Å². The summed E-state index contributed by atoms with van der Waals surface area (Å²) in [6, 6.07) is 6.64. The van der Waals surface area contributed by atoms with Crippen molar-refractivity contribution in [1.29, 1.82) is 0 Å². The Kier molecular flexibility index (Phi) is 9.25. The molecule has 1 aromatic carbocycles. The normalized spacial score (nSPS) is 15.2. The Hall–Kier alpha value is -1.95. The van der Waals surface area contributed by atoms with Gasteiger partial charge in [-0.05, 0) is 43.6 Å². The summed E-state index contributed by atoms with van der Waals surface area (Å²) in [5.41, 5.74) is 1.14. The van der Waals surface area contributed by atoms with E-state index in [4.69, 9.17) is 9.47 Å². The zero-order valence-corrected chi connectivity index (χ0v) is 17.4. The zero-order valence-electron chi connectivity index (χ0n) is 17.4. The second-order valence-corrected chi connectivity index (χ2v) is 6.91. The smallest absolute Gasteiger partial charge is 0.191 e. The predicted molar refractivity (Wildman–Crippen MR) is 112 cm³/mol. The van der Waals surface area contributed by atoms with Crippen LogP contribution in [0.4, 0.5) is 0 Å². The van der Waals surface area contributed by atoms with Gasteiger partial charge in [0, 0.05) is 26.2 Å². The maximum atomic E-state index is 5.93. The van der Waals surface area contributed by atoms with Gasteiger partial charge in [-0.2, -0.15) is 0 Å². The number of hydrogen-bond donors (Lipinski definition) is 2. The second-order valence-electron chi connectivity index (χ2n) is 6.91. The molecule has 1 aliphatic rings. The van der Waals surface area contributed by atoms with E-state index < -0.39 is 0 Å². The van der Waals surface area contributed by atoms with E-state index in [1.807, 2.05) is 19.2 Å². The molecule has 0 spiro atoms. The van der Waals surface area contributed by atoms with Gasteiger partial charge in [0.2, 0.25) is 0 Å². The van der Waals surface area contributed by atoms with Crippen LogP contribution in [-0.4, -0.2) is 57.3 Å². The third kappa shape index (κ3) is 6.94. The summed E-state index contributed by atoms with van der Waals surface area (Å²) >= 11 is 0. The molecule has 0 aromatic heterocycles.